The summed E-state index contributed by atoms with van der Waals surface area (Å²) >= 11 is 6.17. The van der Waals surface area contributed by atoms with Crippen molar-refractivity contribution in [3.8, 4) is 17.3 Å². The van der Waals surface area contributed by atoms with Crippen molar-refractivity contribution >= 4 is 35.2 Å². The fourth-order valence-corrected chi connectivity index (χ4v) is 4.02. The van der Waals surface area contributed by atoms with E-state index in [1.54, 1.807) is 43.3 Å². The maximum atomic E-state index is 12.6. The third-order valence-electron chi connectivity index (χ3n) is 5.88. The normalized spacial score (nSPS) is 14.4. The molecule has 186 valence electrons. The van der Waals surface area contributed by atoms with Gasteiger partial charge in [-0.15, -0.1) is 0 Å². The average molecular weight is 510 g/mol. The zero-order valence-corrected chi connectivity index (χ0v) is 20.2. The molecule has 1 aromatic carbocycles. The highest BCUT2D eigenvalue weighted by Crippen LogP contribution is 2.35. The Labute approximate surface area is 212 Å². The molecular weight excluding hydrogens is 486 g/mol. The zero-order valence-electron chi connectivity index (χ0n) is 19.4. The Morgan fingerprint density at radius 3 is 2.72 bits per heavy atom. The van der Waals surface area contributed by atoms with Gasteiger partial charge in [0.1, 0.15) is 29.4 Å². The van der Waals surface area contributed by atoms with Crippen molar-refractivity contribution in [3.63, 3.8) is 0 Å². The van der Waals surface area contributed by atoms with Gasteiger partial charge in [0, 0.05) is 28.9 Å². The van der Waals surface area contributed by atoms with E-state index in [4.69, 9.17) is 20.9 Å². The molecule has 0 aliphatic heterocycles. The molecule has 0 saturated heterocycles. The summed E-state index contributed by atoms with van der Waals surface area (Å²) in [7, 11) is 0. The van der Waals surface area contributed by atoms with E-state index < -0.39 is 24.1 Å². The molecule has 1 fully saturated rings. The molecule has 0 spiro atoms. The first-order valence-electron chi connectivity index (χ1n) is 11.4. The zero-order chi connectivity index (χ0) is 25.7. The molecule has 36 heavy (non-hydrogen) atoms. The third-order valence-corrected chi connectivity index (χ3v) is 6.22. The highest BCUT2D eigenvalue weighted by atomic mass is 35.5. The Kier molecular flexibility index (Phi) is 7.71. The summed E-state index contributed by atoms with van der Waals surface area (Å²) in [5.74, 6) is -0.520. The van der Waals surface area contributed by atoms with Gasteiger partial charge in [0.2, 0.25) is 0 Å². The maximum Gasteiger partial charge on any atom is 0.412 e. The minimum atomic E-state index is -0.830. The number of carbonyl (C=O) groups is 2. The monoisotopic (exact) mass is 509 g/mol. The molecule has 0 radical (unpaired) electrons. The number of nitrogens with one attached hydrogen (secondary N) is 2. The van der Waals surface area contributed by atoms with Gasteiger partial charge in [-0.3, -0.25) is 10.1 Å². The number of hydrogen-bond donors (Lipinski definition) is 3. The molecule has 1 amide bonds. The van der Waals surface area contributed by atoms with Crippen molar-refractivity contribution in [2.45, 2.75) is 32.3 Å². The number of benzene rings is 1. The van der Waals surface area contributed by atoms with Gasteiger partial charge in [-0.25, -0.2) is 9.78 Å². The summed E-state index contributed by atoms with van der Waals surface area (Å²) in [5, 5.41) is 28.8. The third kappa shape index (κ3) is 6.12. The second kappa shape index (κ2) is 11.1. The van der Waals surface area contributed by atoms with E-state index >= 15 is 0 Å². The van der Waals surface area contributed by atoms with Gasteiger partial charge in [-0.05, 0) is 37.5 Å². The van der Waals surface area contributed by atoms with E-state index in [0.717, 1.165) is 12.8 Å². The SMILES string of the molecule is CC(OC(=O)Nc1c(-c2ccc(NCC(CC3CC3)C(=O)O)nc2)noc1C#N)c1ccccc1Cl. The highest BCUT2D eigenvalue weighted by molar-refractivity contribution is 6.31. The lowest BCUT2D eigenvalue weighted by Crippen LogP contribution is -2.23. The Morgan fingerprint density at radius 1 is 1.31 bits per heavy atom. The van der Waals surface area contributed by atoms with E-state index in [0.29, 0.717) is 34.3 Å². The smallest absolute Gasteiger partial charge is 0.412 e. The quantitative estimate of drug-likeness (QED) is 0.322. The minimum Gasteiger partial charge on any atom is -0.481 e. The van der Waals surface area contributed by atoms with Crippen LogP contribution in [-0.2, 0) is 9.53 Å². The van der Waals surface area contributed by atoms with E-state index in [1.807, 2.05) is 6.07 Å². The van der Waals surface area contributed by atoms with Crippen molar-refractivity contribution in [2.24, 2.45) is 11.8 Å². The predicted molar refractivity (Wildman–Crippen MR) is 131 cm³/mol. The first-order chi connectivity index (χ1) is 17.4. The summed E-state index contributed by atoms with van der Waals surface area (Å²) in [5.41, 5.74) is 1.36. The number of carbonyl (C=O) groups excluding carboxylic acids is 1. The van der Waals surface area contributed by atoms with Gasteiger partial charge in [0.25, 0.3) is 5.76 Å². The Bertz CT molecular complexity index is 1280. The molecule has 1 saturated carbocycles. The molecule has 0 bridgehead atoms. The molecule has 2 heterocycles. The number of pyridine rings is 1. The van der Waals surface area contributed by atoms with Gasteiger partial charge < -0.3 is 19.7 Å². The maximum absolute atomic E-state index is 12.6. The molecular formula is C25H24ClN5O5. The van der Waals surface area contributed by atoms with Crippen LogP contribution in [0.4, 0.5) is 16.3 Å². The van der Waals surface area contributed by atoms with Crippen LogP contribution in [0.15, 0.2) is 47.1 Å². The molecule has 4 rings (SSSR count). The number of nitrogens with zero attached hydrogens (tertiary/aromatic N) is 3. The number of rotatable bonds is 10. The molecule has 2 aromatic heterocycles. The number of hydrogen-bond acceptors (Lipinski definition) is 8. The average Bonchev–Trinajstić information content (AvgIpc) is 3.60. The summed E-state index contributed by atoms with van der Waals surface area (Å²) in [4.78, 5) is 28.4. The predicted octanol–water partition coefficient (Wildman–Crippen LogP) is 5.48. The van der Waals surface area contributed by atoms with Crippen LogP contribution < -0.4 is 10.6 Å². The number of ether oxygens (including phenoxy) is 1. The molecule has 10 nitrogen and oxygen atoms in total. The van der Waals surface area contributed by atoms with Crippen LogP contribution in [-0.4, -0.2) is 33.9 Å². The van der Waals surface area contributed by atoms with Crippen LogP contribution in [0.1, 0.15) is 43.6 Å². The van der Waals surface area contributed by atoms with Gasteiger partial charge in [0.05, 0.1) is 5.92 Å². The molecule has 3 N–H and O–H groups in total. The molecule has 2 atom stereocenters. The number of aliphatic carboxylic acids is 1. The molecule has 1 aliphatic carbocycles. The molecule has 1 aliphatic rings. The highest BCUT2D eigenvalue weighted by Gasteiger charge is 2.29. The first kappa shape index (κ1) is 25.0. The number of carboxylic acids is 1. The Hall–Kier alpha value is -4.10. The van der Waals surface area contributed by atoms with Crippen LogP contribution in [0.5, 0.6) is 0 Å². The van der Waals surface area contributed by atoms with Crippen LogP contribution >= 0.6 is 11.6 Å². The largest absolute Gasteiger partial charge is 0.481 e. The van der Waals surface area contributed by atoms with Crippen molar-refractivity contribution in [1.29, 1.82) is 5.26 Å². The van der Waals surface area contributed by atoms with Crippen LogP contribution in [0.2, 0.25) is 5.02 Å². The van der Waals surface area contributed by atoms with Gasteiger partial charge in [-0.2, -0.15) is 5.26 Å². The standard InChI is InChI=1S/C25H24ClN5O5/c1-14(18-4-2-3-5-19(18)26)35-25(34)30-23-20(11-27)36-31-22(23)16-8-9-21(28-12-16)29-13-17(24(32)33)10-15-6-7-15/h2-5,8-9,12,14-15,17H,6-7,10,13H2,1H3,(H,28,29)(H,30,34)(H,32,33). The van der Waals surface area contributed by atoms with Crippen LogP contribution in [0.3, 0.4) is 0 Å². The Balaban J connectivity index is 1.43. The summed E-state index contributed by atoms with van der Waals surface area (Å²) < 4.78 is 10.5. The van der Waals surface area contributed by atoms with Crippen LogP contribution in [0.25, 0.3) is 11.3 Å². The van der Waals surface area contributed by atoms with Gasteiger partial charge in [-0.1, -0.05) is 47.8 Å². The molecule has 11 heteroatoms. The Morgan fingerprint density at radius 2 is 2.08 bits per heavy atom. The van der Waals surface area contributed by atoms with E-state index in [-0.39, 0.29) is 23.7 Å². The lowest BCUT2D eigenvalue weighted by molar-refractivity contribution is -0.141. The van der Waals surface area contributed by atoms with Crippen molar-refractivity contribution in [3.05, 3.63) is 58.9 Å². The van der Waals surface area contributed by atoms with Crippen molar-refractivity contribution < 1.29 is 24.0 Å². The van der Waals surface area contributed by atoms with Crippen molar-refractivity contribution in [1.82, 2.24) is 10.1 Å². The molecule has 2 unspecified atom stereocenters. The number of amides is 1. The number of aromatic nitrogens is 2. The number of nitriles is 1. The van der Waals surface area contributed by atoms with Gasteiger partial charge >= 0.3 is 12.1 Å². The van der Waals surface area contributed by atoms with E-state index in [2.05, 4.69) is 20.8 Å². The summed E-state index contributed by atoms with van der Waals surface area (Å²) in [6.45, 7) is 1.94. The fourth-order valence-electron chi connectivity index (χ4n) is 3.73. The minimum absolute atomic E-state index is 0.0479. The first-order valence-corrected chi connectivity index (χ1v) is 11.8. The van der Waals surface area contributed by atoms with E-state index in [1.165, 1.54) is 6.20 Å². The number of halogens is 1. The lowest BCUT2D eigenvalue weighted by Gasteiger charge is -2.15. The van der Waals surface area contributed by atoms with Crippen molar-refractivity contribution in [2.75, 3.05) is 17.2 Å². The summed E-state index contributed by atoms with van der Waals surface area (Å²) in [6, 6.07) is 12.2. The lowest BCUT2D eigenvalue weighted by atomic mass is 10.0. The topological polar surface area (TPSA) is 150 Å². The number of carboxylic acid groups (broad SMARTS) is 1. The van der Waals surface area contributed by atoms with Crippen LogP contribution in [0, 0.1) is 23.2 Å². The van der Waals surface area contributed by atoms with E-state index in [9.17, 15) is 20.0 Å². The fraction of sp³-hybridized carbons (Fsp3) is 0.320. The van der Waals surface area contributed by atoms with Gasteiger partial charge in [0.15, 0.2) is 0 Å². The second-order valence-electron chi connectivity index (χ2n) is 8.57. The number of anilines is 2. The second-order valence-corrected chi connectivity index (χ2v) is 8.98. The summed E-state index contributed by atoms with van der Waals surface area (Å²) in [6.07, 6.45) is 2.85. The molecule has 3 aromatic rings.